The summed E-state index contributed by atoms with van der Waals surface area (Å²) in [5.41, 5.74) is 2.24. The predicted octanol–water partition coefficient (Wildman–Crippen LogP) is 1.57. The fraction of sp³-hybridized carbons (Fsp3) is 0. The lowest BCUT2D eigenvalue weighted by molar-refractivity contribution is 1.08. The molecule has 0 bridgehead atoms. The second kappa shape index (κ2) is 2.70. The van der Waals surface area contributed by atoms with E-state index in [9.17, 15) is 0 Å². The van der Waals surface area contributed by atoms with Crippen molar-refractivity contribution >= 4 is 22.1 Å². The molecule has 3 aromatic rings. The molecular formula is C10H6N4. The minimum absolute atomic E-state index is 0.589. The van der Waals surface area contributed by atoms with Gasteiger partial charge < -0.3 is 0 Å². The smallest absolute Gasteiger partial charge is 0.201 e. The Morgan fingerprint density at radius 1 is 0.857 bits per heavy atom. The van der Waals surface area contributed by atoms with Gasteiger partial charge in [0.2, 0.25) is 5.65 Å². The molecule has 0 radical (unpaired) electrons. The molecule has 0 saturated heterocycles. The van der Waals surface area contributed by atoms with E-state index in [2.05, 4.69) is 20.2 Å². The summed E-state index contributed by atoms with van der Waals surface area (Å²) in [6.45, 7) is 0. The summed E-state index contributed by atoms with van der Waals surface area (Å²) in [6.07, 6.45) is 3.28. The van der Waals surface area contributed by atoms with Crippen molar-refractivity contribution in [3.63, 3.8) is 0 Å². The monoisotopic (exact) mass is 182 g/mol. The van der Waals surface area contributed by atoms with Gasteiger partial charge in [0.25, 0.3) is 0 Å². The summed E-state index contributed by atoms with van der Waals surface area (Å²) in [5, 5.41) is 9.03. The van der Waals surface area contributed by atoms with E-state index in [0.717, 1.165) is 16.4 Å². The summed E-state index contributed by atoms with van der Waals surface area (Å²) in [6, 6.07) is 7.77. The molecule has 0 fully saturated rings. The molecule has 66 valence electrons. The van der Waals surface area contributed by atoms with E-state index in [1.807, 2.05) is 24.3 Å². The molecule has 2 aromatic heterocycles. The number of rotatable bonds is 0. The van der Waals surface area contributed by atoms with Crippen LogP contribution in [-0.4, -0.2) is 20.2 Å². The van der Waals surface area contributed by atoms with E-state index in [4.69, 9.17) is 0 Å². The first kappa shape index (κ1) is 7.32. The molecule has 1 aromatic carbocycles. The van der Waals surface area contributed by atoms with Crippen LogP contribution < -0.4 is 0 Å². The first-order chi connectivity index (χ1) is 6.95. The van der Waals surface area contributed by atoms with Crippen LogP contribution in [0.2, 0.25) is 0 Å². The Morgan fingerprint density at radius 3 is 2.71 bits per heavy atom. The van der Waals surface area contributed by atoms with Crippen LogP contribution in [0.4, 0.5) is 0 Å². The fourth-order valence-electron chi connectivity index (χ4n) is 1.46. The van der Waals surface area contributed by atoms with Crippen molar-refractivity contribution < 1.29 is 0 Å². The van der Waals surface area contributed by atoms with Gasteiger partial charge in [-0.25, -0.2) is 4.98 Å². The van der Waals surface area contributed by atoms with Gasteiger partial charge in [0.1, 0.15) is 5.52 Å². The Hall–Kier alpha value is -2.10. The quantitative estimate of drug-likeness (QED) is 0.495. The SMILES string of the molecule is c1ccc2c(c1)nnc1nccnc12. The number of hydrogen-bond donors (Lipinski definition) is 0. The number of aromatic nitrogens is 4. The van der Waals surface area contributed by atoms with Crippen LogP contribution in [0.3, 0.4) is 0 Å². The molecule has 0 aliphatic carbocycles. The maximum absolute atomic E-state index is 4.24. The van der Waals surface area contributed by atoms with E-state index in [1.54, 1.807) is 12.4 Å². The van der Waals surface area contributed by atoms with Gasteiger partial charge in [-0.05, 0) is 6.07 Å². The molecule has 0 amide bonds. The Kier molecular flexibility index (Phi) is 1.41. The van der Waals surface area contributed by atoms with Crippen LogP contribution in [0, 0.1) is 0 Å². The van der Waals surface area contributed by atoms with Crippen LogP contribution in [0.25, 0.3) is 22.1 Å². The van der Waals surface area contributed by atoms with Crippen molar-refractivity contribution in [3.05, 3.63) is 36.7 Å². The average Bonchev–Trinajstić information content (AvgIpc) is 2.29. The average molecular weight is 182 g/mol. The maximum Gasteiger partial charge on any atom is 0.201 e. The largest absolute Gasteiger partial charge is 0.251 e. The molecule has 4 nitrogen and oxygen atoms in total. The first-order valence-electron chi connectivity index (χ1n) is 4.27. The highest BCUT2D eigenvalue weighted by molar-refractivity contribution is 5.99. The Bertz CT molecular complexity index is 551. The van der Waals surface area contributed by atoms with Crippen molar-refractivity contribution in [2.75, 3.05) is 0 Å². The second-order valence-corrected chi connectivity index (χ2v) is 2.95. The third-order valence-electron chi connectivity index (χ3n) is 2.09. The molecule has 0 atom stereocenters. The maximum atomic E-state index is 4.24. The molecule has 2 heterocycles. The zero-order chi connectivity index (χ0) is 9.38. The predicted molar refractivity (Wildman–Crippen MR) is 52.6 cm³/mol. The topological polar surface area (TPSA) is 51.6 Å². The van der Waals surface area contributed by atoms with Gasteiger partial charge in [0.15, 0.2) is 0 Å². The highest BCUT2D eigenvalue weighted by Crippen LogP contribution is 2.16. The third kappa shape index (κ3) is 0.939. The lowest BCUT2D eigenvalue weighted by atomic mass is 10.2. The van der Waals surface area contributed by atoms with E-state index in [1.165, 1.54) is 0 Å². The van der Waals surface area contributed by atoms with Gasteiger partial charge >= 0.3 is 0 Å². The van der Waals surface area contributed by atoms with Crippen molar-refractivity contribution in [2.45, 2.75) is 0 Å². The van der Waals surface area contributed by atoms with Crippen molar-refractivity contribution in [1.29, 1.82) is 0 Å². The number of benzene rings is 1. The highest BCUT2D eigenvalue weighted by atomic mass is 15.1. The second-order valence-electron chi connectivity index (χ2n) is 2.95. The van der Waals surface area contributed by atoms with E-state index < -0.39 is 0 Å². The molecule has 0 spiro atoms. The van der Waals surface area contributed by atoms with Gasteiger partial charge in [-0.2, -0.15) is 0 Å². The summed E-state index contributed by atoms with van der Waals surface area (Å²) < 4.78 is 0. The first-order valence-corrected chi connectivity index (χ1v) is 4.27. The lowest BCUT2D eigenvalue weighted by Crippen LogP contribution is -1.91. The van der Waals surface area contributed by atoms with Crippen LogP contribution >= 0.6 is 0 Å². The highest BCUT2D eigenvalue weighted by Gasteiger charge is 2.02. The number of nitrogens with zero attached hydrogens (tertiary/aromatic N) is 4. The molecule has 3 rings (SSSR count). The fourth-order valence-corrected chi connectivity index (χ4v) is 1.46. The molecule has 0 aliphatic heterocycles. The number of hydrogen-bond acceptors (Lipinski definition) is 4. The van der Waals surface area contributed by atoms with Gasteiger partial charge in [-0.15, -0.1) is 10.2 Å². The third-order valence-corrected chi connectivity index (χ3v) is 2.09. The summed E-state index contributed by atoms with van der Waals surface area (Å²) in [4.78, 5) is 8.34. The summed E-state index contributed by atoms with van der Waals surface area (Å²) in [7, 11) is 0. The number of fused-ring (bicyclic) bond motifs is 3. The molecule has 0 aliphatic rings. The van der Waals surface area contributed by atoms with Crippen molar-refractivity contribution in [2.24, 2.45) is 0 Å². The van der Waals surface area contributed by atoms with Crippen molar-refractivity contribution in [3.8, 4) is 0 Å². The molecule has 14 heavy (non-hydrogen) atoms. The van der Waals surface area contributed by atoms with Crippen LogP contribution in [-0.2, 0) is 0 Å². The Labute approximate surface area is 79.6 Å². The standard InChI is InChI=1S/C10H6N4/c1-2-4-8-7(3-1)9-10(14-13-8)12-6-5-11-9/h1-6H. The summed E-state index contributed by atoms with van der Waals surface area (Å²) >= 11 is 0. The Balaban J connectivity index is 2.61. The molecule has 4 heteroatoms. The normalized spacial score (nSPS) is 10.9. The Morgan fingerprint density at radius 2 is 1.71 bits per heavy atom. The molecule has 0 N–H and O–H groups in total. The molecule has 0 unspecified atom stereocenters. The van der Waals surface area contributed by atoms with Crippen LogP contribution in [0.15, 0.2) is 36.7 Å². The van der Waals surface area contributed by atoms with Crippen LogP contribution in [0.5, 0.6) is 0 Å². The molecular weight excluding hydrogens is 176 g/mol. The summed E-state index contributed by atoms with van der Waals surface area (Å²) in [5.74, 6) is 0. The van der Waals surface area contributed by atoms with Crippen molar-refractivity contribution in [1.82, 2.24) is 20.2 Å². The minimum atomic E-state index is 0.589. The van der Waals surface area contributed by atoms with Gasteiger partial charge in [-0.3, -0.25) is 4.98 Å². The van der Waals surface area contributed by atoms with Gasteiger partial charge in [0, 0.05) is 17.8 Å². The minimum Gasteiger partial charge on any atom is -0.251 e. The zero-order valence-corrected chi connectivity index (χ0v) is 7.25. The zero-order valence-electron chi connectivity index (χ0n) is 7.25. The van der Waals surface area contributed by atoms with Gasteiger partial charge in [0.05, 0.1) is 5.52 Å². The molecule has 0 saturated carbocycles. The van der Waals surface area contributed by atoms with E-state index in [0.29, 0.717) is 5.65 Å². The lowest BCUT2D eigenvalue weighted by Gasteiger charge is -1.98. The van der Waals surface area contributed by atoms with Crippen LogP contribution in [0.1, 0.15) is 0 Å². The van der Waals surface area contributed by atoms with E-state index in [-0.39, 0.29) is 0 Å². The van der Waals surface area contributed by atoms with E-state index >= 15 is 0 Å². The van der Waals surface area contributed by atoms with Gasteiger partial charge in [-0.1, -0.05) is 18.2 Å².